The molecule has 4 heteroatoms. The van der Waals surface area contributed by atoms with Crippen molar-refractivity contribution >= 4 is 9.84 Å². The molecule has 3 nitrogen and oxygen atoms in total. The van der Waals surface area contributed by atoms with Crippen LogP contribution < -0.4 is 5.73 Å². The van der Waals surface area contributed by atoms with Crippen molar-refractivity contribution in [1.82, 2.24) is 0 Å². The summed E-state index contributed by atoms with van der Waals surface area (Å²) in [6.45, 7) is 2.43. The van der Waals surface area contributed by atoms with E-state index >= 15 is 0 Å². The van der Waals surface area contributed by atoms with E-state index in [1.54, 1.807) is 6.92 Å². The van der Waals surface area contributed by atoms with Gasteiger partial charge in [0, 0.05) is 5.75 Å². The van der Waals surface area contributed by atoms with Gasteiger partial charge >= 0.3 is 0 Å². The second-order valence-corrected chi connectivity index (χ2v) is 6.87. The van der Waals surface area contributed by atoms with Crippen LogP contribution in [0.25, 0.3) is 0 Å². The predicted octanol–water partition coefficient (Wildman–Crippen LogP) is 1.33. The molecule has 1 saturated carbocycles. The Morgan fingerprint density at radius 1 is 1.36 bits per heavy atom. The Hall–Kier alpha value is -0.0900. The lowest BCUT2D eigenvalue weighted by atomic mass is 9.66. The average molecular weight is 219 g/mol. The molecule has 0 atom stereocenters. The molecule has 1 fully saturated rings. The largest absolute Gasteiger partial charge is 0.330 e. The molecule has 84 valence electrons. The molecule has 0 aromatic heterocycles. The van der Waals surface area contributed by atoms with Gasteiger partial charge in [-0.1, -0.05) is 13.3 Å². The minimum atomic E-state index is -2.78. The van der Waals surface area contributed by atoms with Gasteiger partial charge in [-0.25, -0.2) is 8.42 Å². The minimum Gasteiger partial charge on any atom is -0.330 e. The summed E-state index contributed by atoms with van der Waals surface area (Å²) in [5, 5.41) is 0. The average Bonchev–Trinajstić information content (AvgIpc) is 2.10. The molecule has 0 radical (unpaired) electrons. The van der Waals surface area contributed by atoms with E-state index in [9.17, 15) is 8.42 Å². The number of rotatable bonds is 6. The van der Waals surface area contributed by atoms with Gasteiger partial charge in [0.15, 0.2) is 0 Å². The fraction of sp³-hybridized carbons (Fsp3) is 1.00. The Bertz CT molecular complexity index is 262. The highest BCUT2D eigenvalue weighted by molar-refractivity contribution is 7.91. The molecule has 2 N–H and O–H groups in total. The van der Waals surface area contributed by atoms with E-state index < -0.39 is 9.84 Å². The molecule has 0 unspecified atom stereocenters. The number of hydrogen-bond acceptors (Lipinski definition) is 3. The standard InChI is InChI=1S/C10H21NO2S/c1-2-14(12,13)8-4-7-10(9-11)5-3-6-10/h2-9,11H2,1H3. The smallest absolute Gasteiger partial charge is 0.150 e. The molecule has 1 aliphatic carbocycles. The third-order valence-corrected chi connectivity index (χ3v) is 5.24. The monoisotopic (exact) mass is 219 g/mol. The first-order chi connectivity index (χ1) is 6.54. The van der Waals surface area contributed by atoms with Gasteiger partial charge in [-0.15, -0.1) is 0 Å². The van der Waals surface area contributed by atoms with E-state index in [4.69, 9.17) is 5.73 Å². The Kier molecular flexibility index (Phi) is 3.95. The normalized spacial score (nSPS) is 20.4. The maximum absolute atomic E-state index is 11.2. The van der Waals surface area contributed by atoms with Gasteiger partial charge in [-0.05, 0) is 37.6 Å². The zero-order valence-electron chi connectivity index (χ0n) is 8.96. The molecular weight excluding hydrogens is 198 g/mol. The third kappa shape index (κ3) is 2.95. The van der Waals surface area contributed by atoms with Gasteiger partial charge in [0.1, 0.15) is 9.84 Å². The summed E-state index contributed by atoms with van der Waals surface area (Å²) in [6.07, 6.45) is 5.42. The molecular formula is C10H21NO2S. The Labute approximate surface area is 87.0 Å². The molecule has 0 bridgehead atoms. The van der Waals surface area contributed by atoms with Crippen LogP contribution in [0, 0.1) is 5.41 Å². The van der Waals surface area contributed by atoms with Crippen molar-refractivity contribution in [3.8, 4) is 0 Å². The molecule has 0 aromatic rings. The van der Waals surface area contributed by atoms with E-state index in [0.717, 1.165) is 19.4 Å². The molecule has 0 heterocycles. The summed E-state index contributed by atoms with van der Waals surface area (Å²) in [5.41, 5.74) is 6.00. The van der Waals surface area contributed by atoms with Crippen molar-refractivity contribution in [2.75, 3.05) is 18.1 Å². The van der Waals surface area contributed by atoms with Crippen LogP contribution in [0.2, 0.25) is 0 Å². The van der Waals surface area contributed by atoms with Crippen LogP contribution in [0.1, 0.15) is 39.0 Å². The molecule has 0 spiro atoms. The lowest BCUT2D eigenvalue weighted by Crippen LogP contribution is -2.37. The quantitative estimate of drug-likeness (QED) is 0.733. The highest BCUT2D eigenvalue weighted by Gasteiger charge is 2.34. The Morgan fingerprint density at radius 2 is 2.00 bits per heavy atom. The van der Waals surface area contributed by atoms with Gasteiger partial charge in [-0.3, -0.25) is 0 Å². The maximum Gasteiger partial charge on any atom is 0.150 e. The zero-order valence-corrected chi connectivity index (χ0v) is 9.78. The van der Waals surface area contributed by atoms with Crippen LogP contribution in [0.5, 0.6) is 0 Å². The van der Waals surface area contributed by atoms with Gasteiger partial charge in [-0.2, -0.15) is 0 Å². The van der Waals surface area contributed by atoms with Crippen LogP contribution in [0.3, 0.4) is 0 Å². The number of nitrogens with two attached hydrogens (primary N) is 1. The van der Waals surface area contributed by atoms with Crippen molar-refractivity contribution in [2.45, 2.75) is 39.0 Å². The molecule has 0 amide bonds. The van der Waals surface area contributed by atoms with E-state index in [-0.39, 0.29) is 5.75 Å². The molecule has 14 heavy (non-hydrogen) atoms. The fourth-order valence-electron chi connectivity index (χ4n) is 2.04. The summed E-state index contributed by atoms with van der Waals surface area (Å²) in [7, 11) is -2.78. The van der Waals surface area contributed by atoms with Gasteiger partial charge in [0.05, 0.1) is 5.75 Å². The molecule has 0 saturated heterocycles. The van der Waals surface area contributed by atoms with Gasteiger partial charge in [0.25, 0.3) is 0 Å². The van der Waals surface area contributed by atoms with Crippen molar-refractivity contribution in [1.29, 1.82) is 0 Å². The summed E-state index contributed by atoms with van der Waals surface area (Å²) in [4.78, 5) is 0. The summed E-state index contributed by atoms with van der Waals surface area (Å²) in [5.74, 6) is 0.605. The highest BCUT2D eigenvalue weighted by Crippen LogP contribution is 2.43. The SMILES string of the molecule is CCS(=O)(=O)CCCC1(CN)CCC1. The van der Waals surface area contributed by atoms with Crippen LogP contribution in [-0.4, -0.2) is 26.5 Å². The molecule has 0 aliphatic heterocycles. The van der Waals surface area contributed by atoms with Crippen molar-refractivity contribution in [3.63, 3.8) is 0 Å². The Morgan fingerprint density at radius 3 is 2.36 bits per heavy atom. The summed E-state index contributed by atoms with van der Waals surface area (Å²) >= 11 is 0. The van der Waals surface area contributed by atoms with Crippen LogP contribution in [-0.2, 0) is 9.84 Å². The predicted molar refractivity (Wildman–Crippen MR) is 58.9 cm³/mol. The van der Waals surface area contributed by atoms with Crippen molar-refractivity contribution in [2.24, 2.45) is 11.1 Å². The van der Waals surface area contributed by atoms with Crippen LogP contribution >= 0.6 is 0 Å². The summed E-state index contributed by atoms with van der Waals surface area (Å²) < 4.78 is 22.5. The van der Waals surface area contributed by atoms with Crippen molar-refractivity contribution in [3.05, 3.63) is 0 Å². The highest BCUT2D eigenvalue weighted by atomic mass is 32.2. The molecule has 1 rings (SSSR count). The topological polar surface area (TPSA) is 60.2 Å². The second kappa shape index (κ2) is 4.62. The first-order valence-electron chi connectivity index (χ1n) is 5.44. The van der Waals surface area contributed by atoms with E-state index in [1.807, 2.05) is 0 Å². The van der Waals surface area contributed by atoms with E-state index in [0.29, 0.717) is 11.2 Å². The number of hydrogen-bond donors (Lipinski definition) is 1. The van der Waals surface area contributed by atoms with Crippen LogP contribution in [0.4, 0.5) is 0 Å². The lowest BCUT2D eigenvalue weighted by Gasteiger charge is -2.41. The van der Waals surface area contributed by atoms with Crippen molar-refractivity contribution < 1.29 is 8.42 Å². The number of sulfone groups is 1. The van der Waals surface area contributed by atoms with E-state index in [2.05, 4.69) is 0 Å². The first kappa shape index (κ1) is 12.0. The van der Waals surface area contributed by atoms with Gasteiger partial charge < -0.3 is 5.73 Å². The van der Waals surface area contributed by atoms with Crippen LogP contribution in [0.15, 0.2) is 0 Å². The fourth-order valence-corrected chi connectivity index (χ4v) is 2.92. The minimum absolute atomic E-state index is 0.266. The lowest BCUT2D eigenvalue weighted by molar-refractivity contribution is 0.130. The zero-order chi connectivity index (χ0) is 10.7. The molecule has 0 aromatic carbocycles. The maximum atomic E-state index is 11.2. The van der Waals surface area contributed by atoms with Gasteiger partial charge in [0.2, 0.25) is 0 Å². The third-order valence-electron chi connectivity index (χ3n) is 3.45. The summed E-state index contributed by atoms with van der Waals surface area (Å²) in [6, 6.07) is 0. The van der Waals surface area contributed by atoms with E-state index in [1.165, 1.54) is 19.3 Å². The Balaban J connectivity index is 2.27. The molecule has 1 aliphatic rings. The second-order valence-electron chi connectivity index (χ2n) is 4.40. The first-order valence-corrected chi connectivity index (χ1v) is 7.26.